The van der Waals surface area contributed by atoms with Crippen LogP contribution in [0.2, 0.25) is 0 Å². The third kappa shape index (κ3) is 3.73. The highest BCUT2D eigenvalue weighted by molar-refractivity contribution is 7.09. The van der Waals surface area contributed by atoms with E-state index >= 15 is 0 Å². The van der Waals surface area contributed by atoms with Crippen molar-refractivity contribution in [2.75, 3.05) is 13.7 Å². The number of aliphatic hydroxyl groups is 1. The Morgan fingerprint density at radius 1 is 1.55 bits per heavy atom. The van der Waals surface area contributed by atoms with Crippen LogP contribution in [0.1, 0.15) is 39.5 Å². The summed E-state index contributed by atoms with van der Waals surface area (Å²) in [6.07, 6.45) is 0. The number of aryl methyl sites for hydroxylation is 2. The summed E-state index contributed by atoms with van der Waals surface area (Å²) in [7, 11) is 1.58. The highest BCUT2D eigenvalue weighted by Gasteiger charge is 2.28. The van der Waals surface area contributed by atoms with Crippen LogP contribution in [-0.4, -0.2) is 29.7 Å². The monoisotopic (exact) mass is 324 g/mol. The zero-order valence-corrected chi connectivity index (χ0v) is 13.9. The summed E-state index contributed by atoms with van der Waals surface area (Å²) in [6.45, 7) is 5.70. The van der Waals surface area contributed by atoms with E-state index in [9.17, 15) is 9.90 Å². The predicted octanol–water partition coefficient (Wildman–Crippen LogP) is 2.14. The Hall–Kier alpha value is -1.70. The molecule has 0 aliphatic heterocycles. The van der Waals surface area contributed by atoms with Crippen LogP contribution >= 0.6 is 11.3 Å². The number of furan rings is 1. The van der Waals surface area contributed by atoms with Gasteiger partial charge in [0.05, 0.1) is 13.2 Å². The normalized spacial score (nSPS) is 13.9. The fourth-order valence-electron chi connectivity index (χ4n) is 2.21. The molecule has 0 aromatic carbocycles. The van der Waals surface area contributed by atoms with Crippen LogP contribution in [0.15, 0.2) is 15.9 Å². The quantitative estimate of drug-likeness (QED) is 0.850. The van der Waals surface area contributed by atoms with Gasteiger partial charge < -0.3 is 19.6 Å². The highest BCUT2D eigenvalue weighted by atomic mass is 32.1. The van der Waals surface area contributed by atoms with Gasteiger partial charge in [0, 0.05) is 18.1 Å². The lowest BCUT2D eigenvalue weighted by molar-refractivity contribution is 0.0512. The van der Waals surface area contributed by atoms with Gasteiger partial charge in [0.2, 0.25) is 0 Å². The molecule has 1 atom stereocenters. The van der Waals surface area contributed by atoms with E-state index in [4.69, 9.17) is 9.15 Å². The molecule has 2 N–H and O–H groups in total. The van der Waals surface area contributed by atoms with Crippen molar-refractivity contribution in [3.63, 3.8) is 0 Å². The molecule has 0 fully saturated rings. The topological polar surface area (TPSA) is 84.6 Å². The van der Waals surface area contributed by atoms with E-state index in [0.29, 0.717) is 23.6 Å². The standard InChI is InChI=1S/C15H20N2O4S/c1-9-5-11(10(2)21-9)15(3,19)8-16-14(18)12-7-22-13(17-12)6-20-4/h5,7,19H,6,8H2,1-4H3,(H,16,18). The van der Waals surface area contributed by atoms with Crippen molar-refractivity contribution < 1.29 is 19.1 Å². The maximum Gasteiger partial charge on any atom is 0.270 e. The number of thiazole rings is 1. The fourth-order valence-corrected chi connectivity index (χ4v) is 2.95. The Balaban J connectivity index is 2.01. The SMILES string of the molecule is COCc1nc(C(=O)NCC(C)(O)c2cc(C)oc2C)cs1. The number of carbonyl (C=O) groups is 1. The van der Waals surface area contributed by atoms with E-state index < -0.39 is 5.60 Å². The lowest BCUT2D eigenvalue weighted by Gasteiger charge is -2.23. The Morgan fingerprint density at radius 3 is 2.86 bits per heavy atom. The van der Waals surface area contributed by atoms with Gasteiger partial charge in [-0.1, -0.05) is 0 Å². The maximum absolute atomic E-state index is 12.1. The number of nitrogens with one attached hydrogen (secondary N) is 1. The van der Waals surface area contributed by atoms with Gasteiger partial charge in [-0.3, -0.25) is 4.79 Å². The first-order valence-corrected chi connectivity index (χ1v) is 7.73. The minimum atomic E-state index is -1.21. The van der Waals surface area contributed by atoms with Crippen molar-refractivity contribution in [1.82, 2.24) is 10.3 Å². The molecule has 2 heterocycles. The summed E-state index contributed by atoms with van der Waals surface area (Å²) in [5.41, 5.74) is -0.209. The maximum atomic E-state index is 12.1. The third-order valence-electron chi connectivity index (χ3n) is 3.27. The number of methoxy groups -OCH3 is 1. The second-order valence-electron chi connectivity index (χ2n) is 5.34. The molecule has 0 bridgehead atoms. The second kappa shape index (κ2) is 6.60. The molecule has 2 aromatic rings. The van der Waals surface area contributed by atoms with Gasteiger partial charge in [0.15, 0.2) is 0 Å². The lowest BCUT2D eigenvalue weighted by atomic mass is 9.96. The molecule has 120 valence electrons. The van der Waals surface area contributed by atoms with Crippen LogP contribution in [0.5, 0.6) is 0 Å². The minimum Gasteiger partial charge on any atom is -0.466 e. The summed E-state index contributed by atoms with van der Waals surface area (Å²) in [5, 5.41) is 15.7. The summed E-state index contributed by atoms with van der Waals surface area (Å²) in [4.78, 5) is 16.3. The Bertz CT molecular complexity index is 660. The Kier molecular flexibility index (Phi) is 5.00. The van der Waals surface area contributed by atoms with E-state index in [-0.39, 0.29) is 12.5 Å². The Morgan fingerprint density at radius 2 is 2.27 bits per heavy atom. The molecule has 0 aliphatic rings. The summed E-state index contributed by atoms with van der Waals surface area (Å²) >= 11 is 1.36. The van der Waals surface area contributed by atoms with Crippen molar-refractivity contribution in [2.45, 2.75) is 33.0 Å². The first-order valence-electron chi connectivity index (χ1n) is 6.85. The smallest absolute Gasteiger partial charge is 0.270 e. The molecular weight excluding hydrogens is 304 g/mol. The molecule has 0 saturated heterocycles. The van der Waals surface area contributed by atoms with E-state index in [1.165, 1.54) is 11.3 Å². The summed E-state index contributed by atoms with van der Waals surface area (Å²) < 4.78 is 10.4. The molecule has 1 unspecified atom stereocenters. The molecule has 7 heteroatoms. The van der Waals surface area contributed by atoms with Crippen molar-refractivity contribution in [1.29, 1.82) is 0 Å². The molecule has 0 saturated carbocycles. The van der Waals surface area contributed by atoms with E-state index in [1.807, 2.05) is 6.92 Å². The van der Waals surface area contributed by atoms with Gasteiger partial charge in [-0.05, 0) is 26.8 Å². The zero-order valence-electron chi connectivity index (χ0n) is 13.1. The van der Waals surface area contributed by atoms with Crippen LogP contribution in [-0.2, 0) is 16.9 Å². The van der Waals surface area contributed by atoms with E-state index in [2.05, 4.69) is 10.3 Å². The van der Waals surface area contributed by atoms with E-state index in [1.54, 1.807) is 32.4 Å². The molecule has 0 radical (unpaired) electrons. The van der Waals surface area contributed by atoms with Crippen LogP contribution in [0.3, 0.4) is 0 Å². The van der Waals surface area contributed by atoms with Crippen LogP contribution in [0.4, 0.5) is 0 Å². The number of aromatic nitrogens is 1. The van der Waals surface area contributed by atoms with Gasteiger partial charge in [-0.15, -0.1) is 11.3 Å². The number of amides is 1. The average Bonchev–Trinajstić information content (AvgIpc) is 3.03. The van der Waals surface area contributed by atoms with Gasteiger partial charge in [0.25, 0.3) is 5.91 Å². The van der Waals surface area contributed by atoms with Crippen LogP contribution < -0.4 is 5.32 Å². The van der Waals surface area contributed by atoms with Gasteiger partial charge in [0.1, 0.15) is 27.8 Å². The highest BCUT2D eigenvalue weighted by Crippen LogP contribution is 2.26. The second-order valence-corrected chi connectivity index (χ2v) is 6.29. The van der Waals surface area contributed by atoms with Crippen molar-refractivity contribution >= 4 is 17.2 Å². The molecule has 1 amide bonds. The lowest BCUT2D eigenvalue weighted by Crippen LogP contribution is -2.38. The number of hydrogen-bond donors (Lipinski definition) is 2. The molecule has 22 heavy (non-hydrogen) atoms. The van der Waals surface area contributed by atoms with Crippen molar-refractivity contribution in [2.24, 2.45) is 0 Å². The van der Waals surface area contributed by atoms with Gasteiger partial charge >= 0.3 is 0 Å². The molecule has 0 spiro atoms. The number of ether oxygens (including phenoxy) is 1. The fraction of sp³-hybridized carbons (Fsp3) is 0.467. The van der Waals surface area contributed by atoms with Crippen molar-refractivity contribution in [3.8, 4) is 0 Å². The number of nitrogens with zero attached hydrogens (tertiary/aromatic N) is 1. The average molecular weight is 324 g/mol. The number of rotatable bonds is 6. The Labute approximate surface area is 133 Å². The molecule has 2 aromatic heterocycles. The molecule has 0 aliphatic carbocycles. The van der Waals surface area contributed by atoms with Gasteiger partial charge in [-0.2, -0.15) is 0 Å². The molecule has 6 nitrogen and oxygen atoms in total. The van der Waals surface area contributed by atoms with E-state index in [0.717, 1.165) is 10.8 Å². The first-order chi connectivity index (χ1) is 10.3. The van der Waals surface area contributed by atoms with Gasteiger partial charge in [-0.25, -0.2) is 4.98 Å². The zero-order chi connectivity index (χ0) is 16.3. The van der Waals surface area contributed by atoms with Crippen LogP contribution in [0.25, 0.3) is 0 Å². The van der Waals surface area contributed by atoms with Crippen LogP contribution in [0, 0.1) is 13.8 Å². The molecular formula is C15H20N2O4S. The number of carbonyl (C=O) groups excluding carboxylic acids is 1. The predicted molar refractivity (Wildman–Crippen MR) is 82.9 cm³/mol. The van der Waals surface area contributed by atoms with Crippen molar-refractivity contribution in [3.05, 3.63) is 39.2 Å². The summed E-state index contributed by atoms with van der Waals surface area (Å²) in [6, 6.07) is 1.78. The minimum absolute atomic E-state index is 0.0722. The number of hydrogen-bond acceptors (Lipinski definition) is 6. The molecule has 2 rings (SSSR count). The largest absolute Gasteiger partial charge is 0.466 e. The third-order valence-corrected chi connectivity index (χ3v) is 4.09. The first kappa shape index (κ1) is 16.7. The summed E-state index contributed by atoms with van der Waals surface area (Å²) in [5.74, 6) is 1.05.